The smallest absolute Gasteiger partial charge is 0.323 e. The Morgan fingerprint density at radius 1 is 1.18 bits per heavy atom. The highest BCUT2D eigenvalue weighted by molar-refractivity contribution is 7.90. The van der Waals surface area contributed by atoms with Gasteiger partial charge in [0.15, 0.2) is 0 Å². The predicted octanol–water partition coefficient (Wildman–Crippen LogP) is -0.00540. The summed E-state index contributed by atoms with van der Waals surface area (Å²) in [6.07, 6.45) is -0.677. The fourth-order valence-corrected chi connectivity index (χ4v) is 6.62. The maximum absolute atomic E-state index is 13.2. The molecule has 0 saturated heterocycles. The molecule has 0 aromatic heterocycles. The van der Waals surface area contributed by atoms with Crippen molar-refractivity contribution in [2.24, 2.45) is 5.14 Å². The van der Waals surface area contributed by atoms with Crippen LogP contribution in [0.1, 0.15) is 18.9 Å². The topological polar surface area (TPSA) is 225 Å². The van der Waals surface area contributed by atoms with Crippen molar-refractivity contribution < 1.29 is 41.4 Å². The Bertz CT molecular complexity index is 1500. The minimum Gasteiger partial charge on any atom is -0.480 e. The number of rotatable bonds is 12. The van der Waals surface area contributed by atoms with Gasteiger partial charge in [-0.1, -0.05) is 41.9 Å². The number of anilines is 1. The minimum absolute atomic E-state index is 0.0955. The molecule has 3 rings (SSSR count). The number of nitrogens with two attached hydrogens (primary N) is 1. The van der Waals surface area contributed by atoms with Crippen LogP contribution in [0.25, 0.3) is 0 Å². The molecule has 0 fully saturated rings. The largest absolute Gasteiger partial charge is 0.480 e. The first kappa shape index (κ1) is 31.3. The predicted molar refractivity (Wildman–Crippen MR) is 144 cm³/mol. The zero-order valence-corrected chi connectivity index (χ0v) is 23.5. The van der Waals surface area contributed by atoms with Crippen molar-refractivity contribution in [3.8, 4) is 0 Å². The molecule has 1 aliphatic heterocycles. The van der Waals surface area contributed by atoms with Crippen LogP contribution in [0.15, 0.2) is 52.3 Å². The Kier molecular flexibility index (Phi) is 9.76. The van der Waals surface area contributed by atoms with E-state index in [1.165, 1.54) is 6.92 Å². The minimum atomic E-state index is -4.34. The molecule has 0 radical (unpaired) electrons. The van der Waals surface area contributed by atoms with Crippen molar-refractivity contribution in [2.75, 3.05) is 18.4 Å². The van der Waals surface area contributed by atoms with Gasteiger partial charge < -0.3 is 20.4 Å². The molecular formula is C23H28ClN5O9S2. The number of amides is 1. The van der Waals surface area contributed by atoms with Crippen LogP contribution in [0.3, 0.4) is 0 Å². The summed E-state index contributed by atoms with van der Waals surface area (Å²) >= 11 is 5.98. The average molecular weight is 618 g/mol. The fraction of sp³-hybridized carbons (Fsp3) is 0.348. The van der Waals surface area contributed by atoms with Gasteiger partial charge in [-0.05, 0) is 37.5 Å². The summed E-state index contributed by atoms with van der Waals surface area (Å²) in [6.45, 7) is 0.0780. The summed E-state index contributed by atoms with van der Waals surface area (Å²) < 4.78 is 51.4. The molecule has 0 bridgehead atoms. The summed E-state index contributed by atoms with van der Waals surface area (Å²) in [5.74, 6) is -3.38. The molecule has 2 aromatic rings. The van der Waals surface area contributed by atoms with E-state index in [4.69, 9.17) is 16.7 Å². The summed E-state index contributed by atoms with van der Waals surface area (Å²) in [5, 5.41) is 29.2. The van der Waals surface area contributed by atoms with E-state index in [-0.39, 0.29) is 17.1 Å². The molecule has 1 unspecified atom stereocenters. The van der Waals surface area contributed by atoms with Crippen LogP contribution in [-0.4, -0.2) is 81.1 Å². The maximum atomic E-state index is 13.2. The Morgan fingerprint density at radius 2 is 1.82 bits per heavy atom. The van der Waals surface area contributed by atoms with Crippen molar-refractivity contribution in [3.63, 3.8) is 0 Å². The van der Waals surface area contributed by atoms with E-state index < -0.39 is 79.0 Å². The standard InChI is InChI=1S/C23H28ClN5O9S2/c1-13(26-16(23(33)34)8-7-14-5-3-2-4-6-14)22(32)29(12-21(30)31)11-20-27-17-9-15(24)18(39(25,35)36)10-19(17)40(37,38)28-20/h2-6,9-10,13,16,20,26-28H,7-8,11-12H2,1H3,(H,30,31)(H,33,34)(H2,25,35,36)/t13-,16-,20?/m0/s1. The van der Waals surface area contributed by atoms with Gasteiger partial charge in [-0.25, -0.2) is 22.0 Å². The first-order chi connectivity index (χ1) is 18.6. The highest BCUT2D eigenvalue weighted by Gasteiger charge is 2.35. The molecule has 1 aliphatic rings. The molecule has 17 heteroatoms. The number of hydrogen-bond donors (Lipinski definition) is 6. The van der Waals surface area contributed by atoms with Gasteiger partial charge in [0.05, 0.1) is 23.3 Å². The number of benzene rings is 2. The fourth-order valence-electron chi connectivity index (χ4n) is 4.14. The number of carbonyl (C=O) groups is 3. The van der Waals surface area contributed by atoms with Crippen molar-refractivity contribution >= 4 is 55.2 Å². The monoisotopic (exact) mass is 617 g/mol. The van der Waals surface area contributed by atoms with Crippen molar-refractivity contribution in [1.82, 2.24) is 14.9 Å². The van der Waals surface area contributed by atoms with Gasteiger partial charge in [-0.2, -0.15) is 4.72 Å². The highest BCUT2D eigenvalue weighted by Crippen LogP contribution is 2.33. The summed E-state index contributed by atoms with van der Waals surface area (Å²) in [7, 11) is -8.68. The normalized spacial score (nSPS) is 17.6. The molecule has 1 amide bonds. The van der Waals surface area contributed by atoms with Crippen LogP contribution in [-0.2, 0) is 40.9 Å². The van der Waals surface area contributed by atoms with Crippen LogP contribution < -0.4 is 20.5 Å². The lowest BCUT2D eigenvalue weighted by atomic mass is 10.0. The number of carboxylic acids is 2. The number of hydrogen-bond acceptors (Lipinski definition) is 9. The number of fused-ring (bicyclic) bond motifs is 1. The molecule has 0 spiro atoms. The van der Waals surface area contributed by atoms with Gasteiger partial charge in [0.2, 0.25) is 26.0 Å². The second-order valence-corrected chi connectivity index (χ2v) is 12.7. The van der Waals surface area contributed by atoms with Crippen LogP contribution in [0.4, 0.5) is 5.69 Å². The number of primary sulfonamides is 1. The van der Waals surface area contributed by atoms with E-state index in [0.29, 0.717) is 6.42 Å². The van der Waals surface area contributed by atoms with Gasteiger partial charge >= 0.3 is 11.9 Å². The van der Waals surface area contributed by atoms with E-state index in [1.807, 2.05) is 30.3 Å². The van der Waals surface area contributed by atoms with Crippen molar-refractivity contribution in [3.05, 3.63) is 53.1 Å². The molecule has 3 atom stereocenters. The number of halogens is 1. The quantitative estimate of drug-likeness (QED) is 0.186. The van der Waals surface area contributed by atoms with Crippen LogP contribution in [0, 0.1) is 0 Å². The molecule has 14 nitrogen and oxygen atoms in total. The SMILES string of the molecule is C[C@H](N[C@@H](CCc1ccccc1)C(=O)O)C(=O)N(CC(=O)O)CC1Nc2cc(Cl)c(S(N)(=O)=O)cc2S(=O)(=O)N1. The van der Waals surface area contributed by atoms with Crippen LogP contribution >= 0.6 is 11.6 Å². The second kappa shape index (κ2) is 12.5. The van der Waals surface area contributed by atoms with Crippen molar-refractivity contribution in [1.29, 1.82) is 0 Å². The second-order valence-electron chi connectivity index (χ2n) is 9.06. The summed E-state index contributed by atoms with van der Waals surface area (Å²) in [4.78, 5) is 36.3. The Hall–Kier alpha value is -3.28. The number of carbonyl (C=O) groups excluding carboxylic acids is 1. The van der Waals surface area contributed by atoms with Crippen LogP contribution in [0.2, 0.25) is 5.02 Å². The third-order valence-electron chi connectivity index (χ3n) is 5.98. The lowest BCUT2D eigenvalue weighted by Crippen LogP contribution is -2.57. The highest BCUT2D eigenvalue weighted by atomic mass is 35.5. The number of nitrogens with zero attached hydrogens (tertiary/aromatic N) is 1. The van der Waals surface area contributed by atoms with E-state index in [9.17, 15) is 41.4 Å². The zero-order chi connectivity index (χ0) is 29.8. The molecule has 218 valence electrons. The first-order valence-electron chi connectivity index (χ1n) is 11.8. The van der Waals surface area contributed by atoms with Crippen molar-refractivity contribution in [2.45, 2.75) is 47.8 Å². The number of sulfonamides is 2. The Labute approximate surface area is 235 Å². The summed E-state index contributed by atoms with van der Waals surface area (Å²) in [6, 6.07) is 8.68. The Morgan fingerprint density at radius 3 is 2.40 bits per heavy atom. The average Bonchev–Trinajstić information content (AvgIpc) is 2.84. The molecular weight excluding hydrogens is 590 g/mol. The van der Waals surface area contributed by atoms with E-state index in [0.717, 1.165) is 22.6 Å². The van der Waals surface area contributed by atoms with E-state index >= 15 is 0 Å². The number of nitrogens with one attached hydrogen (secondary N) is 3. The van der Waals surface area contributed by atoms with Gasteiger partial charge in [0.1, 0.15) is 28.5 Å². The summed E-state index contributed by atoms with van der Waals surface area (Å²) in [5.41, 5.74) is 0.802. The Balaban J connectivity index is 1.77. The van der Waals surface area contributed by atoms with Crippen LogP contribution in [0.5, 0.6) is 0 Å². The third-order valence-corrected chi connectivity index (χ3v) is 8.87. The molecule has 1 heterocycles. The molecule has 0 saturated carbocycles. The number of aryl methyl sites for hydroxylation is 1. The van der Waals surface area contributed by atoms with Gasteiger partial charge in [0, 0.05) is 0 Å². The first-order valence-corrected chi connectivity index (χ1v) is 15.2. The number of aliphatic carboxylic acids is 2. The maximum Gasteiger partial charge on any atom is 0.323 e. The lowest BCUT2D eigenvalue weighted by molar-refractivity contribution is -0.146. The molecule has 0 aliphatic carbocycles. The van der Waals surface area contributed by atoms with Gasteiger partial charge in [0.25, 0.3) is 0 Å². The number of carboxylic acid groups (broad SMARTS) is 2. The molecule has 40 heavy (non-hydrogen) atoms. The third kappa shape index (κ3) is 7.89. The van der Waals surface area contributed by atoms with E-state index in [1.54, 1.807) is 0 Å². The molecule has 2 aromatic carbocycles. The van der Waals surface area contributed by atoms with Gasteiger partial charge in [-0.3, -0.25) is 19.7 Å². The van der Waals surface area contributed by atoms with Gasteiger partial charge in [-0.15, -0.1) is 0 Å². The van der Waals surface area contributed by atoms with E-state index in [2.05, 4.69) is 15.4 Å². The lowest BCUT2D eigenvalue weighted by Gasteiger charge is -2.33. The molecule has 7 N–H and O–H groups in total. The zero-order valence-electron chi connectivity index (χ0n) is 21.1.